The predicted molar refractivity (Wildman–Crippen MR) is 59.0 cm³/mol. The Bertz CT molecular complexity index is 537. The van der Waals surface area contributed by atoms with Gasteiger partial charge in [0, 0.05) is 0 Å². The number of imidazole rings is 1. The van der Waals surface area contributed by atoms with Crippen LogP contribution in [-0.4, -0.2) is 20.8 Å². The average molecular weight is 206 g/mol. The molecule has 1 heterocycles. The number of fused-ring (bicyclic) bond motifs is 1. The van der Waals surface area contributed by atoms with Crippen LogP contribution in [0.15, 0.2) is 23.0 Å². The van der Waals surface area contributed by atoms with E-state index in [-0.39, 0.29) is 5.69 Å². The van der Waals surface area contributed by atoms with E-state index in [9.17, 15) is 9.90 Å². The third kappa shape index (κ3) is 1.68. The van der Waals surface area contributed by atoms with E-state index < -0.39 is 6.10 Å². The summed E-state index contributed by atoms with van der Waals surface area (Å²) >= 11 is 0. The van der Waals surface area contributed by atoms with Gasteiger partial charge in [-0.2, -0.15) is 0 Å². The molecule has 1 aromatic heterocycles. The van der Waals surface area contributed by atoms with Crippen LogP contribution in [0.25, 0.3) is 11.0 Å². The van der Waals surface area contributed by atoms with Gasteiger partial charge < -0.3 is 10.1 Å². The van der Waals surface area contributed by atoms with Gasteiger partial charge in [0.25, 0.3) is 0 Å². The number of rotatable bonds is 2. The first-order chi connectivity index (χ1) is 7.09. The fourth-order valence-electron chi connectivity index (χ4n) is 1.84. The average Bonchev–Trinajstić information content (AvgIpc) is 2.43. The molecule has 2 N–H and O–H groups in total. The number of nitrogens with one attached hydrogen (secondary N) is 1. The Labute approximate surface area is 87.2 Å². The minimum Gasteiger partial charge on any atom is -0.392 e. The van der Waals surface area contributed by atoms with Gasteiger partial charge in [0.15, 0.2) is 0 Å². The monoisotopic (exact) mass is 206 g/mol. The summed E-state index contributed by atoms with van der Waals surface area (Å²) in [7, 11) is 0. The van der Waals surface area contributed by atoms with Crippen molar-refractivity contribution in [3.05, 3.63) is 34.2 Å². The third-order valence-electron chi connectivity index (χ3n) is 2.44. The molecule has 0 amide bonds. The predicted octanol–water partition coefficient (Wildman–Crippen LogP) is 1.02. The van der Waals surface area contributed by atoms with Crippen LogP contribution in [0.5, 0.6) is 0 Å². The van der Waals surface area contributed by atoms with E-state index in [1.807, 2.05) is 25.1 Å². The Kier molecular flexibility index (Phi) is 2.36. The van der Waals surface area contributed by atoms with Crippen molar-refractivity contribution in [3.8, 4) is 0 Å². The summed E-state index contributed by atoms with van der Waals surface area (Å²) in [4.78, 5) is 14.4. The minimum absolute atomic E-state index is 0.166. The highest BCUT2D eigenvalue weighted by atomic mass is 16.3. The molecule has 1 atom stereocenters. The number of para-hydroxylation sites is 1. The fraction of sp³-hybridized carbons (Fsp3) is 0.364. The van der Waals surface area contributed by atoms with Crippen LogP contribution >= 0.6 is 0 Å². The largest absolute Gasteiger partial charge is 0.392 e. The van der Waals surface area contributed by atoms with Crippen LogP contribution in [0, 0.1) is 6.92 Å². The molecular formula is C11H14N2O2. The zero-order valence-corrected chi connectivity index (χ0v) is 8.82. The van der Waals surface area contributed by atoms with Gasteiger partial charge in [0.2, 0.25) is 0 Å². The van der Waals surface area contributed by atoms with Gasteiger partial charge in [-0.15, -0.1) is 0 Å². The van der Waals surface area contributed by atoms with Crippen LogP contribution in [0.4, 0.5) is 0 Å². The maximum Gasteiger partial charge on any atom is 0.326 e. The number of aliphatic hydroxyl groups excluding tert-OH is 1. The van der Waals surface area contributed by atoms with E-state index in [0.29, 0.717) is 6.54 Å². The summed E-state index contributed by atoms with van der Waals surface area (Å²) in [6, 6.07) is 5.72. The van der Waals surface area contributed by atoms with Crippen LogP contribution < -0.4 is 5.69 Å². The molecule has 0 fully saturated rings. The van der Waals surface area contributed by atoms with Crippen molar-refractivity contribution in [1.29, 1.82) is 0 Å². The van der Waals surface area contributed by atoms with Gasteiger partial charge in [0.1, 0.15) is 0 Å². The number of H-pyrrole nitrogens is 1. The van der Waals surface area contributed by atoms with Crippen molar-refractivity contribution >= 4 is 11.0 Å². The molecule has 0 aliphatic rings. The van der Waals surface area contributed by atoms with Gasteiger partial charge >= 0.3 is 5.69 Å². The zero-order chi connectivity index (χ0) is 11.0. The number of hydrogen-bond acceptors (Lipinski definition) is 2. The lowest BCUT2D eigenvalue weighted by Gasteiger charge is -2.07. The van der Waals surface area contributed by atoms with E-state index in [2.05, 4.69) is 4.98 Å². The highest BCUT2D eigenvalue weighted by Crippen LogP contribution is 2.14. The number of aromatic nitrogens is 2. The first-order valence-electron chi connectivity index (χ1n) is 4.96. The van der Waals surface area contributed by atoms with Gasteiger partial charge in [-0.05, 0) is 25.5 Å². The first kappa shape index (κ1) is 9.98. The Hall–Kier alpha value is -1.55. The molecule has 1 aromatic carbocycles. The molecule has 4 nitrogen and oxygen atoms in total. The fourth-order valence-corrected chi connectivity index (χ4v) is 1.84. The molecule has 1 unspecified atom stereocenters. The Morgan fingerprint density at radius 1 is 1.53 bits per heavy atom. The Morgan fingerprint density at radius 2 is 2.27 bits per heavy atom. The van der Waals surface area contributed by atoms with Gasteiger partial charge in [-0.3, -0.25) is 4.57 Å². The van der Waals surface area contributed by atoms with E-state index >= 15 is 0 Å². The van der Waals surface area contributed by atoms with Crippen LogP contribution in [-0.2, 0) is 6.54 Å². The van der Waals surface area contributed by atoms with Crippen LogP contribution in [0.2, 0.25) is 0 Å². The number of aliphatic hydroxyl groups is 1. The molecular weight excluding hydrogens is 192 g/mol. The van der Waals surface area contributed by atoms with E-state index in [1.54, 1.807) is 11.5 Å². The maximum absolute atomic E-state index is 11.6. The molecule has 80 valence electrons. The number of nitrogens with zero attached hydrogens (tertiary/aromatic N) is 1. The summed E-state index contributed by atoms with van der Waals surface area (Å²) in [6.07, 6.45) is -0.527. The van der Waals surface area contributed by atoms with Crippen molar-refractivity contribution in [1.82, 2.24) is 9.55 Å². The van der Waals surface area contributed by atoms with Crippen molar-refractivity contribution in [3.63, 3.8) is 0 Å². The zero-order valence-electron chi connectivity index (χ0n) is 8.82. The normalized spacial score (nSPS) is 13.3. The molecule has 2 rings (SSSR count). The lowest BCUT2D eigenvalue weighted by Crippen LogP contribution is -2.22. The lowest BCUT2D eigenvalue weighted by atomic mass is 10.2. The number of benzene rings is 1. The third-order valence-corrected chi connectivity index (χ3v) is 2.44. The van der Waals surface area contributed by atoms with Crippen molar-refractivity contribution < 1.29 is 5.11 Å². The van der Waals surface area contributed by atoms with Crippen molar-refractivity contribution in [2.45, 2.75) is 26.5 Å². The summed E-state index contributed by atoms with van der Waals surface area (Å²) in [5.74, 6) is 0. The van der Waals surface area contributed by atoms with E-state index in [1.165, 1.54) is 0 Å². The van der Waals surface area contributed by atoms with Crippen molar-refractivity contribution in [2.75, 3.05) is 0 Å². The van der Waals surface area contributed by atoms with Gasteiger partial charge in [-0.25, -0.2) is 4.79 Å². The number of aryl methyl sites for hydroxylation is 1. The Morgan fingerprint density at radius 3 is 2.93 bits per heavy atom. The summed E-state index contributed by atoms with van der Waals surface area (Å²) in [6.45, 7) is 3.95. The highest BCUT2D eigenvalue weighted by Gasteiger charge is 2.09. The highest BCUT2D eigenvalue weighted by molar-refractivity contribution is 5.78. The molecule has 2 aromatic rings. The second-order valence-electron chi connectivity index (χ2n) is 3.86. The number of hydrogen-bond donors (Lipinski definition) is 2. The summed E-state index contributed by atoms with van der Waals surface area (Å²) in [5.41, 5.74) is 2.57. The lowest BCUT2D eigenvalue weighted by molar-refractivity contribution is 0.174. The summed E-state index contributed by atoms with van der Waals surface area (Å²) in [5, 5.41) is 9.33. The second-order valence-corrected chi connectivity index (χ2v) is 3.86. The Balaban J connectivity index is 2.71. The quantitative estimate of drug-likeness (QED) is 0.770. The SMILES string of the molecule is Cc1cccc2[nH]c(=O)n(CC(C)O)c12. The molecule has 0 saturated heterocycles. The first-order valence-corrected chi connectivity index (χ1v) is 4.96. The standard InChI is InChI=1S/C11H14N2O2/c1-7-4-3-5-9-10(7)13(6-8(2)14)11(15)12-9/h3-5,8,14H,6H2,1-2H3,(H,12,15). The second kappa shape index (κ2) is 3.55. The molecule has 0 bridgehead atoms. The molecule has 4 heteroatoms. The maximum atomic E-state index is 11.6. The topological polar surface area (TPSA) is 58.0 Å². The van der Waals surface area contributed by atoms with Crippen LogP contribution in [0.3, 0.4) is 0 Å². The molecule has 0 saturated carbocycles. The molecule has 0 spiro atoms. The summed E-state index contributed by atoms with van der Waals surface area (Å²) < 4.78 is 1.58. The molecule has 0 aliphatic heterocycles. The van der Waals surface area contributed by atoms with Gasteiger partial charge in [-0.1, -0.05) is 12.1 Å². The van der Waals surface area contributed by atoms with E-state index in [4.69, 9.17) is 0 Å². The molecule has 0 aliphatic carbocycles. The molecule has 0 radical (unpaired) electrons. The number of aromatic amines is 1. The van der Waals surface area contributed by atoms with Crippen molar-refractivity contribution in [2.24, 2.45) is 0 Å². The smallest absolute Gasteiger partial charge is 0.326 e. The molecule has 15 heavy (non-hydrogen) atoms. The minimum atomic E-state index is -0.527. The van der Waals surface area contributed by atoms with Crippen LogP contribution in [0.1, 0.15) is 12.5 Å². The van der Waals surface area contributed by atoms with E-state index in [0.717, 1.165) is 16.6 Å². The van der Waals surface area contributed by atoms with Gasteiger partial charge in [0.05, 0.1) is 23.7 Å².